The molecule has 1 N–H and O–H groups in total. The molecule has 0 aromatic carbocycles. The van der Waals surface area contributed by atoms with Crippen molar-refractivity contribution >= 4 is 0 Å². The molecule has 0 radical (unpaired) electrons. The highest BCUT2D eigenvalue weighted by Gasteiger charge is 2.26. The van der Waals surface area contributed by atoms with E-state index < -0.39 is 0 Å². The van der Waals surface area contributed by atoms with E-state index >= 15 is 0 Å². The zero-order valence-electron chi connectivity index (χ0n) is 8.34. The van der Waals surface area contributed by atoms with Gasteiger partial charge in [-0.05, 0) is 32.7 Å². The zero-order chi connectivity index (χ0) is 9.03. The van der Waals surface area contributed by atoms with Crippen LogP contribution in [0, 0.1) is 0 Å². The molecule has 0 amide bonds. The van der Waals surface area contributed by atoms with Crippen molar-refractivity contribution in [3.8, 4) is 0 Å². The molecular formula is C10H21NO. The Bertz CT molecular complexity index is 124. The highest BCUT2D eigenvalue weighted by atomic mass is 16.3. The molecule has 0 saturated carbocycles. The molecule has 0 bridgehead atoms. The molecule has 0 aromatic heterocycles. The molecule has 0 aromatic rings. The van der Waals surface area contributed by atoms with Gasteiger partial charge in [-0.3, -0.25) is 0 Å². The van der Waals surface area contributed by atoms with Gasteiger partial charge in [0.1, 0.15) is 0 Å². The second-order valence-electron chi connectivity index (χ2n) is 4.19. The van der Waals surface area contributed by atoms with Gasteiger partial charge in [0.15, 0.2) is 0 Å². The van der Waals surface area contributed by atoms with E-state index in [1.165, 1.54) is 19.4 Å². The molecule has 0 aliphatic carbocycles. The van der Waals surface area contributed by atoms with Crippen LogP contribution in [0.4, 0.5) is 0 Å². The summed E-state index contributed by atoms with van der Waals surface area (Å²) in [5.74, 6) is 0. The highest BCUT2D eigenvalue weighted by Crippen LogP contribution is 2.20. The molecular weight excluding hydrogens is 150 g/mol. The molecule has 1 aliphatic rings. The van der Waals surface area contributed by atoms with E-state index in [0.717, 1.165) is 25.9 Å². The van der Waals surface area contributed by atoms with Crippen LogP contribution in [-0.4, -0.2) is 35.2 Å². The first-order valence-electron chi connectivity index (χ1n) is 5.09. The van der Waals surface area contributed by atoms with E-state index in [1.54, 1.807) is 0 Å². The van der Waals surface area contributed by atoms with E-state index in [1.807, 2.05) is 6.92 Å². The van der Waals surface area contributed by atoms with Crippen LogP contribution < -0.4 is 0 Å². The Kier molecular flexibility index (Phi) is 3.53. The lowest BCUT2D eigenvalue weighted by atomic mass is 9.94. The molecule has 0 unspecified atom stereocenters. The molecule has 72 valence electrons. The smallest absolute Gasteiger partial charge is 0.0644 e. The number of unbranched alkanes of at least 4 members (excludes halogenated alkanes) is 1. The fourth-order valence-corrected chi connectivity index (χ4v) is 1.64. The van der Waals surface area contributed by atoms with Gasteiger partial charge < -0.3 is 10.0 Å². The quantitative estimate of drug-likeness (QED) is 0.697. The summed E-state index contributed by atoms with van der Waals surface area (Å²) >= 11 is 0. The van der Waals surface area contributed by atoms with Crippen molar-refractivity contribution in [1.82, 2.24) is 4.90 Å². The summed E-state index contributed by atoms with van der Waals surface area (Å²) in [4.78, 5) is 2.46. The number of hydrogen-bond donors (Lipinski definition) is 1. The molecule has 0 atom stereocenters. The maximum absolute atomic E-state index is 9.69. The lowest BCUT2D eigenvalue weighted by Gasteiger charge is -2.35. The van der Waals surface area contributed by atoms with Gasteiger partial charge in [0.25, 0.3) is 0 Å². The predicted octanol–water partition coefficient (Wildman–Crippen LogP) is 1.63. The predicted molar refractivity (Wildman–Crippen MR) is 51.2 cm³/mol. The second-order valence-corrected chi connectivity index (χ2v) is 4.19. The summed E-state index contributed by atoms with van der Waals surface area (Å²) in [6.45, 7) is 7.54. The van der Waals surface area contributed by atoms with Crippen molar-refractivity contribution in [3.05, 3.63) is 0 Å². The fourth-order valence-electron chi connectivity index (χ4n) is 1.64. The second kappa shape index (κ2) is 4.24. The van der Waals surface area contributed by atoms with Crippen LogP contribution in [0.2, 0.25) is 0 Å². The SMILES string of the molecule is CCCCN1CCC(C)(O)CC1. The van der Waals surface area contributed by atoms with Crippen molar-refractivity contribution in [3.63, 3.8) is 0 Å². The standard InChI is InChI=1S/C10H21NO/c1-3-4-7-11-8-5-10(2,12)6-9-11/h12H,3-9H2,1-2H3. The minimum Gasteiger partial charge on any atom is -0.390 e. The summed E-state index contributed by atoms with van der Waals surface area (Å²) in [5.41, 5.74) is -0.386. The van der Waals surface area contributed by atoms with E-state index in [4.69, 9.17) is 0 Å². The summed E-state index contributed by atoms with van der Waals surface area (Å²) in [6.07, 6.45) is 4.45. The van der Waals surface area contributed by atoms with Crippen LogP contribution >= 0.6 is 0 Å². The van der Waals surface area contributed by atoms with Crippen LogP contribution in [0.25, 0.3) is 0 Å². The number of hydrogen-bond acceptors (Lipinski definition) is 2. The molecule has 1 rings (SSSR count). The average molecular weight is 171 g/mol. The van der Waals surface area contributed by atoms with Gasteiger partial charge in [0, 0.05) is 13.1 Å². The van der Waals surface area contributed by atoms with Crippen molar-refractivity contribution in [2.75, 3.05) is 19.6 Å². The Morgan fingerprint density at radius 1 is 1.33 bits per heavy atom. The van der Waals surface area contributed by atoms with Crippen molar-refractivity contribution < 1.29 is 5.11 Å². The molecule has 12 heavy (non-hydrogen) atoms. The highest BCUT2D eigenvalue weighted by molar-refractivity contribution is 4.81. The maximum atomic E-state index is 9.69. The largest absolute Gasteiger partial charge is 0.390 e. The minimum absolute atomic E-state index is 0.386. The van der Waals surface area contributed by atoms with Gasteiger partial charge in [-0.1, -0.05) is 13.3 Å². The minimum atomic E-state index is -0.386. The van der Waals surface area contributed by atoms with Crippen molar-refractivity contribution in [2.24, 2.45) is 0 Å². The third kappa shape index (κ3) is 3.11. The lowest BCUT2D eigenvalue weighted by molar-refractivity contribution is -0.00544. The average Bonchev–Trinajstić information content (AvgIpc) is 2.03. The van der Waals surface area contributed by atoms with Crippen LogP contribution in [0.1, 0.15) is 39.5 Å². The Hall–Kier alpha value is -0.0800. The van der Waals surface area contributed by atoms with Crippen LogP contribution in [0.5, 0.6) is 0 Å². The first kappa shape index (κ1) is 10.0. The molecule has 1 fully saturated rings. The first-order chi connectivity index (χ1) is 5.64. The molecule has 1 saturated heterocycles. The number of likely N-dealkylation sites (tertiary alicyclic amines) is 1. The summed E-state index contributed by atoms with van der Waals surface area (Å²) in [5, 5.41) is 9.69. The van der Waals surface area contributed by atoms with E-state index in [2.05, 4.69) is 11.8 Å². The number of piperidine rings is 1. The number of nitrogens with zero attached hydrogens (tertiary/aromatic N) is 1. The third-order valence-corrected chi connectivity index (χ3v) is 2.76. The zero-order valence-corrected chi connectivity index (χ0v) is 8.34. The Morgan fingerprint density at radius 3 is 2.42 bits per heavy atom. The number of aliphatic hydroxyl groups is 1. The fraction of sp³-hybridized carbons (Fsp3) is 1.00. The van der Waals surface area contributed by atoms with E-state index in [9.17, 15) is 5.11 Å². The van der Waals surface area contributed by atoms with Crippen molar-refractivity contribution in [1.29, 1.82) is 0 Å². The van der Waals surface area contributed by atoms with Crippen LogP contribution in [-0.2, 0) is 0 Å². The summed E-state index contributed by atoms with van der Waals surface area (Å²) in [7, 11) is 0. The molecule has 2 heteroatoms. The van der Waals surface area contributed by atoms with Gasteiger partial charge in [0.2, 0.25) is 0 Å². The van der Waals surface area contributed by atoms with E-state index in [0.29, 0.717) is 0 Å². The normalized spacial score (nSPS) is 24.2. The summed E-state index contributed by atoms with van der Waals surface area (Å²) in [6, 6.07) is 0. The molecule has 1 aliphatic heterocycles. The lowest BCUT2D eigenvalue weighted by Crippen LogP contribution is -2.42. The Balaban J connectivity index is 2.18. The van der Waals surface area contributed by atoms with Gasteiger partial charge >= 0.3 is 0 Å². The number of rotatable bonds is 3. The Morgan fingerprint density at radius 2 is 1.92 bits per heavy atom. The van der Waals surface area contributed by atoms with Gasteiger partial charge in [-0.2, -0.15) is 0 Å². The van der Waals surface area contributed by atoms with Gasteiger partial charge in [-0.15, -0.1) is 0 Å². The third-order valence-electron chi connectivity index (χ3n) is 2.76. The molecule has 2 nitrogen and oxygen atoms in total. The maximum Gasteiger partial charge on any atom is 0.0644 e. The summed E-state index contributed by atoms with van der Waals surface area (Å²) < 4.78 is 0. The van der Waals surface area contributed by atoms with Crippen molar-refractivity contribution in [2.45, 2.75) is 45.1 Å². The van der Waals surface area contributed by atoms with E-state index in [-0.39, 0.29) is 5.60 Å². The Labute approximate surface area is 75.6 Å². The van der Waals surface area contributed by atoms with Gasteiger partial charge in [0.05, 0.1) is 5.60 Å². The van der Waals surface area contributed by atoms with Gasteiger partial charge in [-0.25, -0.2) is 0 Å². The monoisotopic (exact) mass is 171 g/mol. The molecule has 1 heterocycles. The van der Waals surface area contributed by atoms with Crippen LogP contribution in [0.15, 0.2) is 0 Å². The first-order valence-corrected chi connectivity index (χ1v) is 5.09. The topological polar surface area (TPSA) is 23.5 Å². The molecule has 0 spiro atoms. The van der Waals surface area contributed by atoms with Crippen LogP contribution in [0.3, 0.4) is 0 Å².